The van der Waals surface area contributed by atoms with E-state index in [1.807, 2.05) is 0 Å². The molecule has 2 rings (SSSR count). The molecule has 1 N–H and O–H groups in total. The molecule has 0 amide bonds. The van der Waals surface area contributed by atoms with E-state index in [9.17, 15) is 0 Å². The third-order valence-electron chi connectivity index (χ3n) is 2.26. The van der Waals surface area contributed by atoms with Gasteiger partial charge in [0.2, 0.25) is 0 Å². The van der Waals surface area contributed by atoms with Gasteiger partial charge >= 0.3 is 0 Å². The van der Waals surface area contributed by atoms with E-state index in [-0.39, 0.29) is 0 Å². The fourth-order valence-electron chi connectivity index (χ4n) is 1.68. The van der Waals surface area contributed by atoms with Crippen molar-refractivity contribution in [2.75, 3.05) is 13.1 Å². The maximum absolute atomic E-state index is 3.34. The standard InChI is InChI=1S/C9H13N/c1-2-4-9-7-10-6-5-8(9)3-1/h4-5,10H,1-3,6-7H2. The predicted octanol–water partition coefficient (Wildman–Crippen LogP) is 1.63. The van der Waals surface area contributed by atoms with Crippen LogP contribution in [0.25, 0.3) is 0 Å². The molecule has 0 bridgehead atoms. The van der Waals surface area contributed by atoms with E-state index in [1.165, 1.54) is 19.3 Å². The fourth-order valence-corrected chi connectivity index (χ4v) is 1.68. The van der Waals surface area contributed by atoms with Crippen LogP contribution in [0.2, 0.25) is 0 Å². The molecule has 0 saturated heterocycles. The Morgan fingerprint density at radius 3 is 3.10 bits per heavy atom. The summed E-state index contributed by atoms with van der Waals surface area (Å²) < 4.78 is 0. The lowest BCUT2D eigenvalue weighted by Crippen LogP contribution is -2.24. The Kier molecular flexibility index (Phi) is 1.60. The van der Waals surface area contributed by atoms with E-state index >= 15 is 0 Å². The van der Waals surface area contributed by atoms with Crippen molar-refractivity contribution < 1.29 is 0 Å². The lowest BCUT2D eigenvalue weighted by atomic mass is 9.91. The summed E-state index contributed by atoms with van der Waals surface area (Å²) in [6.45, 7) is 2.18. The average molecular weight is 135 g/mol. The molecular weight excluding hydrogens is 122 g/mol. The normalized spacial score (nSPS) is 24.8. The monoisotopic (exact) mass is 135 g/mol. The van der Waals surface area contributed by atoms with E-state index < -0.39 is 0 Å². The summed E-state index contributed by atoms with van der Waals surface area (Å²) in [6.07, 6.45) is 8.66. The van der Waals surface area contributed by atoms with Gasteiger partial charge in [0.15, 0.2) is 0 Å². The van der Waals surface area contributed by atoms with Gasteiger partial charge in [-0.1, -0.05) is 12.2 Å². The van der Waals surface area contributed by atoms with Crippen molar-refractivity contribution in [1.82, 2.24) is 5.32 Å². The third-order valence-corrected chi connectivity index (χ3v) is 2.26. The first-order valence-electron chi connectivity index (χ1n) is 4.06. The quantitative estimate of drug-likeness (QED) is 0.532. The van der Waals surface area contributed by atoms with Crippen LogP contribution in [0.5, 0.6) is 0 Å². The second-order valence-corrected chi connectivity index (χ2v) is 2.98. The molecule has 0 aromatic heterocycles. The highest BCUT2D eigenvalue weighted by atomic mass is 14.9. The van der Waals surface area contributed by atoms with Gasteiger partial charge in [0, 0.05) is 13.1 Å². The average Bonchev–Trinajstić information content (AvgIpc) is 2.05. The van der Waals surface area contributed by atoms with Crippen molar-refractivity contribution in [2.45, 2.75) is 19.3 Å². The predicted molar refractivity (Wildman–Crippen MR) is 42.9 cm³/mol. The summed E-state index contributed by atoms with van der Waals surface area (Å²) >= 11 is 0. The van der Waals surface area contributed by atoms with Crippen LogP contribution in [0.1, 0.15) is 19.3 Å². The van der Waals surface area contributed by atoms with Crippen LogP contribution in [0.15, 0.2) is 23.3 Å². The van der Waals surface area contributed by atoms with Crippen LogP contribution in [-0.2, 0) is 0 Å². The van der Waals surface area contributed by atoms with Crippen molar-refractivity contribution in [3.8, 4) is 0 Å². The maximum atomic E-state index is 3.34. The first kappa shape index (κ1) is 6.17. The lowest BCUT2D eigenvalue weighted by Gasteiger charge is -2.21. The van der Waals surface area contributed by atoms with Crippen molar-refractivity contribution in [3.63, 3.8) is 0 Å². The zero-order chi connectivity index (χ0) is 6.81. The van der Waals surface area contributed by atoms with Gasteiger partial charge < -0.3 is 5.32 Å². The summed E-state index contributed by atoms with van der Waals surface area (Å²) in [6, 6.07) is 0. The maximum Gasteiger partial charge on any atom is 0.0207 e. The van der Waals surface area contributed by atoms with Crippen LogP contribution >= 0.6 is 0 Å². The van der Waals surface area contributed by atoms with Gasteiger partial charge in [-0.2, -0.15) is 0 Å². The Morgan fingerprint density at radius 1 is 1.20 bits per heavy atom. The fraction of sp³-hybridized carbons (Fsp3) is 0.556. The zero-order valence-electron chi connectivity index (χ0n) is 6.19. The second-order valence-electron chi connectivity index (χ2n) is 2.98. The number of nitrogens with one attached hydrogen (secondary N) is 1. The molecule has 54 valence electrons. The van der Waals surface area contributed by atoms with E-state index in [0.29, 0.717) is 0 Å². The number of hydrogen-bond donors (Lipinski definition) is 1. The topological polar surface area (TPSA) is 12.0 Å². The molecule has 0 radical (unpaired) electrons. The van der Waals surface area contributed by atoms with Gasteiger partial charge in [-0.3, -0.25) is 0 Å². The van der Waals surface area contributed by atoms with E-state index in [4.69, 9.17) is 0 Å². The first-order chi connectivity index (χ1) is 4.97. The molecule has 0 aromatic rings. The summed E-state index contributed by atoms with van der Waals surface area (Å²) in [4.78, 5) is 0. The van der Waals surface area contributed by atoms with Crippen molar-refractivity contribution >= 4 is 0 Å². The van der Waals surface area contributed by atoms with Gasteiger partial charge in [-0.15, -0.1) is 0 Å². The number of allylic oxidation sites excluding steroid dienone is 1. The minimum Gasteiger partial charge on any atom is -0.309 e. The van der Waals surface area contributed by atoms with Gasteiger partial charge in [-0.05, 0) is 30.4 Å². The molecule has 0 unspecified atom stereocenters. The SMILES string of the molecule is C1=C2CCCC=C2CNC1. The molecule has 1 nitrogen and oxygen atoms in total. The Balaban J connectivity index is 2.25. The molecule has 10 heavy (non-hydrogen) atoms. The third kappa shape index (κ3) is 1.01. The summed E-state index contributed by atoms with van der Waals surface area (Å²) in [7, 11) is 0. The van der Waals surface area contributed by atoms with E-state index in [0.717, 1.165) is 13.1 Å². The summed E-state index contributed by atoms with van der Waals surface area (Å²) in [5, 5.41) is 3.34. The van der Waals surface area contributed by atoms with Crippen molar-refractivity contribution in [1.29, 1.82) is 0 Å². The zero-order valence-corrected chi connectivity index (χ0v) is 6.19. The van der Waals surface area contributed by atoms with E-state index in [2.05, 4.69) is 17.5 Å². The molecular formula is C9H13N. The molecule has 0 saturated carbocycles. The summed E-state index contributed by atoms with van der Waals surface area (Å²) in [5.74, 6) is 0. The molecule has 1 aliphatic carbocycles. The van der Waals surface area contributed by atoms with Crippen LogP contribution in [0.4, 0.5) is 0 Å². The van der Waals surface area contributed by atoms with Gasteiger partial charge in [-0.25, -0.2) is 0 Å². The minimum absolute atomic E-state index is 1.08. The molecule has 0 atom stereocenters. The smallest absolute Gasteiger partial charge is 0.0207 e. The van der Waals surface area contributed by atoms with E-state index in [1.54, 1.807) is 11.1 Å². The Bertz CT molecular complexity index is 167. The molecule has 1 heteroatoms. The van der Waals surface area contributed by atoms with Crippen LogP contribution in [0, 0.1) is 0 Å². The molecule has 1 aliphatic heterocycles. The van der Waals surface area contributed by atoms with Crippen molar-refractivity contribution in [2.24, 2.45) is 0 Å². The van der Waals surface area contributed by atoms with Crippen LogP contribution in [0.3, 0.4) is 0 Å². The number of rotatable bonds is 0. The largest absolute Gasteiger partial charge is 0.309 e. The molecule has 2 aliphatic rings. The highest BCUT2D eigenvalue weighted by Gasteiger charge is 2.11. The van der Waals surface area contributed by atoms with Crippen molar-refractivity contribution in [3.05, 3.63) is 23.3 Å². The number of fused-ring (bicyclic) bond motifs is 1. The van der Waals surface area contributed by atoms with Gasteiger partial charge in [0.1, 0.15) is 0 Å². The molecule has 0 aromatic carbocycles. The van der Waals surface area contributed by atoms with Crippen LogP contribution in [-0.4, -0.2) is 13.1 Å². The Labute approximate surface area is 61.8 Å². The molecule has 0 spiro atoms. The highest BCUT2D eigenvalue weighted by Crippen LogP contribution is 2.24. The highest BCUT2D eigenvalue weighted by molar-refractivity contribution is 5.36. The Hall–Kier alpha value is -0.560. The van der Waals surface area contributed by atoms with Gasteiger partial charge in [0.05, 0.1) is 0 Å². The first-order valence-corrected chi connectivity index (χ1v) is 4.06. The lowest BCUT2D eigenvalue weighted by molar-refractivity contribution is 0.715. The number of hydrogen-bond acceptors (Lipinski definition) is 1. The second kappa shape index (κ2) is 2.59. The molecule has 0 fully saturated rings. The van der Waals surface area contributed by atoms with Gasteiger partial charge in [0.25, 0.3) is 0 Å². The Morgan fingerprint density at radius 2 is 2.20 bits per heavy atom. The summed E-state index contributed by atoms with van der Waals surface area (Å²) in [5.41, 5.74) is 3.16. The molecule has 1 heterocycles. The minimum atomic E-state index is 1.08. The van der Waals surface area contributed by atoms with Crippen LogP contribution < -0.4 is 5.32 Å².